The number of nitrogens with zero attached hydrogens (tertiary/aromatic N) is 1. The van der Waals surface area contributed by atoms with Crippen LogP contribution in [0.2, 0.25) is 0 Å². The minimum Gasteiger partial charge on any atom is -0.467 e. The highest BCUT2D eigenvalue weighted by molar-refractivity contribution is 5.83. The van der Waals surface area contributed by atoms with Crippen molar-refractivity contribution in [2.45, 2.75) is 39.2 Å². The molecule has 0 amide bonds. The van der Waals surface area contributed by atoms with Crippen LogP contribution in [0.3, 0.4) is 0 Å². The minimum atomic E-state index is -0.683. The Balaban J connectivity index is 2.90. The lowest BCUT2D eigenvalue weighted by Gasteiger charge is -2.28. The average Bonchev–Trinajstić information content (AvgIpc) is 2.28. The van der Waals surface area contributed by atoms with E-state index in [1.807, 2.05) is 32.9 Å². The lowest BCUT2D eigenvalue weighted by atomic mass is 9.96. The summed E-state index contributed by atoms with van der Waals surface area (Å²) < 4.78 is 4.85. The Hall–Kier alpha value is -1.58. The van der Waals surface area contributed by atoms with Crippen LogP contribution >= 0.6 is 0 Å². The summed E-state index contributed by atoms with van der Waals surface area (Å²) in [4.78, 5) is 15.9. The molecular formula is C13H20N2O2. The maximum Gasteiger partial charge on any atom is 0.331 e. The fourth-order valence-electron chi connectivity index (χ4n) is 1.88. The third kappa shape index (κ3) is 3.44. The summed E-state index contributed by atoms with van der Waals surface area (Å²) in [6.45, 7) is 5.82. The number of rotatable bonds is 5. The van der Waals surface area contributed by atoms with Crippen molar-refractivity contribution in [1.29, 1.82) is 0 Å². The van der Waals surface area contributed by atoms with Gasteiger partial charge in [0.15, 0.2) is 0 Å². The van der Waals surface area contributed by atoms with Gasteiger partial charge < -0.3 is 10.1 Å². The van der Waals surface area contributed by atoms with Gasteiger partial charge in [-0.15, -0.1) is 0 Å². The first-order chi connectivity index (χ1) is 8.01. The summed E-state index contributed by atoms with van der Waals surface area (Å²) in [5.41, 5.74) is 1.12. The molecule has 0 radical (unpaired) electrons. The summed E-state index contributed by atoms with van der Waals surface area (Å²) in [5.74, 6) is -0.242. The van der Waals surface area contributed by atoms with Crippen LogP contribution in [0.4, 0.5) is 5.69 Å². The molecule has 0 bridgehead atoms. The Morgan fingerprint density at radius 3 is 2.82 bits per heavy atom. The molecule has 1 aromatic heterocycles. The summed E-state index contributed by atoms with van der Waals surface area (Å²) in [5, 5.41) is 3.23. The predicted molar refractivity (Wildman–Crippen MR) is 67.9 cm³/mol. The number of hydrogen-bond donors (Lipinski definition) is 1. The molecule has 0 saturated carbocycles. The molecule has 0 spiro atoms. The second-order valence-corrected chi connectivity index (χ2v) is 4.38. The molecule has 1 N–H and O–H groups in total. The molecule has 0 saturated heterocycles. The van der Waals surface area contributed by atoms with Crippen molar-refractivity contribution in [2.75, 3.05) is 12.4 Å². The summed E-state index contributed by atoms with van der Waals surface area (Å²) in [6, 6.07) is 3.76. The van der Waals surface area contributed by atoms with Gasteiger partial charge in [0.05, 0.1) is 7.11 Å². The van der Waals surface area contributed by atoms with Crippen molar-refractivity contribution in [3.63, 3.8) is 0 Å². The second kappa shape index (κ2) is 5.66. The predicted octanol–water partition coefficient (Wildman–Crippen LogP) is 2.53. The van der Waals surface area contributed by atoms with Gasteiger partial charge in [0.25, 0.3) is 0 Å². The van der Waals surface area contributed by atoms with E-state index in [1.165, 1.54) is 7.11 Å². The molecule has 1 rings (SSSR count). The quantitative estimate of drug-likeness (QED) is 0.798. The van der Waals surface area contributed by atoms with Crippen molar-refractivity contribution in [3.05, 3.63) is 24.0 Å². The van der Waals surface area contributed by atoms with E-state index in [4.69, 9.17) is 4.74 Å². The Morgan fingerprint density at radius 2 is 2.29 bits per heavy atom. The number of ether oxygens (including phenoxy) is 1. The highest BCUT2D eigenvalue weighted by Gasteiger charge is 2.33. The molecule has 94 valence electrons. The van der Waals surface area contributed by atoms with Crippen LogP contribution in [-0.2, 0) is 9.53 Å². The zero-order valence-corrected chi connectivity index (χ0v) is 10.9. The molecule has 0 aromatic carbocycles. The van der Waals surface area contributed by atoms with E-state index in [9.17, 15) is 4.79 Å². The first-order valence-corrected chi connectivity index (χ1v) is 5.81. The number of anilines is 1. The third-order valence-corrected chi connectivity index (χ3v) is 2.70. The number of aromatic nitrogens is 1. The minimum absolute atomic E-state index is 0.242. The third-order valence-electron chi connectivity index (χ3n) is 2.70. The normalized spacial score (nSPS) is 13.9. The van der Waals surface area contributed by atoms with Crippen LogP contribution in [0.15, 0.2) is 18.3 Å². The van der Waals surface area contributed by atoms with E-state index < -0.39 is 5.54 Å². The SMILES string of the molecule is CCCC(C)(Nc1ccnc(C)c1)C(=O)OC. The van der Waals surface area contributed by atoms with Crippen molar-refractivity contribution < 1.29 is 9.53 Å². The molecule has 1 atom stereocenters. The van der Waals surface area contributed by atoms with Gasteiger partial charge in [0.1, 0.15) is 5.54 Å². The van der Waals surface area contributed by atoms with E-state index in [0.29, 0.717) is 0 Å². The molecule has 1 heterocycles. The number of esters is 1. The van der Waals surface area contributed by atoms with Gasteiger partial charge in [0.2, 0.25) is 0 Å². The second-order valence-electron chi connectivity index (χ2n) is 4.38. The van der Waals surface area contributed by atoms with E-state index in [-0.39, 0.29) is 5.97 Å². The number of nitrogens with one attached hydrogen (secondary N) is 1. The Morgan fingerprint density at radius 1 is 1.59 bits per heavy atom. The number of hydrogen-bond acceptors (Lipinski definition) is 4. The summed E-state index contributed by atoms with van der Waals surface area (Å²) >= 11 is 0. The molecular weight excluding hydrogens is 216 g/mol. The molecule has 0 aliphatic heterocycles. The van der Waals surface area contributed by atoms with Crippen molar-refractivity contribution in [1.82, 2.24) is 4.98 Å². The Bertz CT molecular complexity index is 393. The number of pyridine rings is 1. The molecule has 0 fully saturated rings. The average molecular weight is 236 g/mol. The maximum atomic E-state index is 11.8. The van der Waals surface area contributed by atoms with Crippen molar-refractivity contribution in [3.8, 4) is 0 Å². The van der Waals surface area contributed by atoms with Gasteiger partial charge in [-0.2, -0.15) is 0 Å². The van der Waals surface area contributed by atoms with E-state index in [0.717, 1.165) is 24.2 Å². The monoisotopic (exact) mass is 236 g/mol. The number of methoxy groups -OCH3 is 1. The van der Waals surface area contributed by atoms with E-state index >= 15 is 0 Å². The molecule has 4 nitrogen and oxygen atoms in total. The van der Waals surface area contributed by atoms with Crippen LogP contribution in [0.5, 0.6) is 0 Å². The Kier molecular flexibility index (Phi) is 4.49. The number of aryl methyl sites for hydroxylation is 1. The van der Waals surface area contributed by atoms with Crippen LogP contribution in [0, 0.1) is 6.92 Å². The summed E-state index contributed by atoms with van der Waals surface area (Å²) in [7, 11) is 1.41. The molecule has 0 aliphatic carbocycles. The maximum absolute atomic E-state index is 11.8. The van der Waals surface area contributed by atoms with Gasteiger partial charge in [-0.05, 0) is 32.4 Å². The molecule has 4 heteroatoms. The van der Waals surface area contributed by atoms with Gasteiger partial charge in [-0.25, -0.2) is 4.79 Å². The smallest absolute Gasteiger partial charge is 0.331 e. The largest absolute Gasteiger partial charge is 0.467 e. The van der Waals surface area contributed by atoms with Gasteiger partial charge in [-0.1, -0.05) is 13.3 Å². The highest BCUT2D eigenvalue weighted by atomic mass is 16.5. The number of carbonyl (C=O) groups is 1. The highest BCUT2D eigenvalue weighted by Crippen LogP contribution is 2.21. The van der Waals surface area contributed by atoms with Gasteiger partial charge in [0, 0.05) is 17.6 Å². The van der Waals surface area contributed by atoms with E-state index in [1.54, 1.807) is 6.20 Å². The lowest BCUT2D eigenvalue weighted by molar-refractivity contribution is -0.145. The van der Waals surface area contributed by atoms with E-state index in [2.05, 4.69) is 10.3 Å². The first kappa shape index (κ1) is 13.5. The van der Waals surface area contributed by atoms with Crippen molar-refractivity contribution in [2.24, 2.45) is 0 Å². The Labute approximate surface area is 102 Å². The van der Waals surface area contributed by atoms with Crippen LogP contribution < -0.4 is 5.32 Å². The first-order valence-electron chi connectivity index (χ1n) is 5.81. The topological polar surface area (TPSA) is 51.2 Å². The standard InChI is InChI=1S/C13H20N2O2/c1-5-7-13(3,12(16)17-4)15-11-6-8-14-10(2)9-11/h6,8-9H,5,7H2,1-4H3,(H,14,15). The number of carbonyl (C=O) groups excluding carboxylic acids is 1. The van der Waals surface area contributed by atoms with Crippen LogP contribution in [0.25, 0.3) is 0 Å². The van der Waals surface area contributed by atoms with Gasteiger partial charge >= 0.3 is 5.97 Å². The fraction of sp³-hybridized carbons (Fsp3) is 0.538. The lowest BCUT2D eigenvalue weighted by Crippen LogP contribution is -2.44. The summed E-state index contributed by atoms with van der Waals surface area (Å²) in [6.07, 6.45) is 3.35. The fourth-order valence-corrected chi connectivity index (χ4v) is 1.88. The van der Waals surface area contributed by atoms with Crippen molar-refractivity contribution >= 4 is 11.7 Å². The van der Waals surface area contributed by atoms with Crippen LogP contribution in [0.1, 0.15) is 32.4 Å². The molecule has 1 unspecified atom stereocenters. The zero-order chi connectivity index (χ0) is 12.9. The molecule has 0 aliphatic rings. The molecule has 17 heavy (non-hydrogen) atoms. The van der Waals surface area contributed by atoms with Gasteiger partial charge in [-0.3, -0.25) is 4.98 Å². The molecule has 1 aromatic rings. The zero-order valence-electron chi connectivity index (χ0n) is 10.9. The van der Waals surface area contributed by atoms with Crippen LogP contribution in [-0.4, -0.2) is 23.6 Å².